The van der Waals surface area contributed by atoms with Crippen molar-refractivity contribution in [2.75, 3.05) is 19.6 Å². The van der Waals surface area contributed by atoms with Gasteiger partial charge >= 0.3 is 0 Å². The maximum absolute atomic E-state index is 11.7. The maximum atomic E-state index is 11.7. The van der Waals surface area contributed by atoms with Crippen molar-refractivity contribution in [2.24, 2.45) is 5.92 Å². The largest absolute Gasteiger partial charge is 0.355 e. The molecule has 0 radical (unpaired) electrons. The Bertz CT molecular complexity index is 503. The number of hydrogen-bond acceptors (Lipinski definition) is 4. The van der Waals surface area contributed by atoms with Crippen LogP contribution in [0.5, 0.6) is 0 Å². The monoisotopic (exact) mass is 327 g/mol. The highest BCUT2D eigenvalue weighted by Gasteiger charge is 2.17. The molecule has 2 rings (SSSR count). The Kier molecular flexibility index (Phi) is 4.49. The number of carbonyl (C=O) groups is 1. The molecular formula is C12H14BrN3O3. The van der Waals surface area contributed by atoms with E-state index < -0.39 is 4.92 Å². The second-order valence-corrected chi connectivity index (χ2v) is 5.39. The van der Waals surface area contributed by atoms with E-state index in [1.165, 1.54) is 12.1 Å². The highest BCUT2D eigenvalue weighted by Crippen LogP contribution is 2.23. The molecule has 0 unspecified atom stereocenters. The van der Waals surface area contributed by atoms with Crippen molar-refractivity contribution in [3.63, 3.8) is 0 Å². The predicted octanol–water partition coefficient (Wildman–Crippen LogP) is 1.24. The third-order valence-electron chi connectivity index (χ3n) is 3.05. The standard InChI is InChI=1S/C12H14BrN3O3/c13-11-4-10(16(18)19)2-1-9(11)3-12(17)15-7-8-5-14-6-8/h1-2,4,8,14H,3,5-7H2,(H,15,17). The minimum atomic E-state index is -0.460. The summed E-state index contributed by atoms with van der Waals surface area (Å²) in [6.45, 7) is 2.57. The average molecular weight is 328 g/mol. The molecule has 1 fully saturated rings. The van der Waals surface area contributed by atoms with Gasteiger partial charge in [0.2, 0.25) is 5.91 Å². The number of nitro benzene ring substituents is 1. The molecule has 2 N–H and O–H groups in total. The lowest BCUT2D eigenvalue weighted by Gasteiger charge is -2.27. The molecule has 1 aliphatic rings. The van der Waals surface area contributed by atoms with Crippen LogP contribution < -0.4 is 10.6 Å². The molecule has 19 heavy (non-hydrogen) atoms. The molecule has 7 heteroatoms. The van der Waals surface area contributed by atoms with E-state index in [-0.39, 0.29) is 18.0 Å². The number of amides is 1. The molecule has 0 saturated carbocycles. The van der Waals surface area contributed by atoms with E-state index in [1.54, 1.807) is 6.07 Å². The smallest absolute Gasteiger partial charge is 0.270 e. The SMILES string of the molecule is O=C(Cc1ccc([N+](=O)[O-])cc1Br)NCC1CNC1. The fraction of sp³-hybridized carbons (Fsp3) is 0.417. The van der Waals surface area contributed by atoms with Crippen LogP contribution in [0.4, 0.5) is 5.69 Å². The van der Waals surface area contributed by atoms with E-state index in [0.717, 1.165) is 18.7 Å². The van der Waals surface area contributed by atoms with E-state index in [4.69, 9.17) is 0 Å². The number of hydrogen-bond donors (Lipinski definition) is 2. The first-order valence-electron chi connectivity index (χ1n) is 5.96. The van der Waals surface area contributed by atoms with Gasteiger partial charge in [0.15, 0.2) is 0 Å². The van der Waals surface area contributed by atoms with Gasteiger partial charge < -0.3 is 10.6 Å². The molecule has 0 bridgehead atoms. The summed E-state index contributed by atoms with van der Waals surface area (Å²) in [7, 11) is 0. The van der Waals surface area contributed by atoms with Gasteiger partial charge in [-0.15, -0.1) is 0 Å². The first-order chi connectivity index (χ1) is 9.06. The van der Waals surface area contributed by atoms with Crippen LogP contribution in [0, 0.1) is 16.0 Å². The van der Waals surface area contributed by atoms with Crippen molar-refractivity contribution in [3.8, 4) is 0 Å². The lowest BCUT2D eigenvalue weighted by atomic mass is 10.0. The molecular weight excluding hydrogens is 314 g/mol. The lowest BCUT2D eigenvalue weighted by molar-refractivity contribution is -0.384. The summed E-state index contributed by atoms with van der Waals surface area (Å²) < 4.78 is 0.585. The van der Waals surface area contributed by atoms with Crippen molar-refractivity contribution in [3.05, 3.63) is 38.3 Å². The van der Waals surface area contributed by atoms with Crippen LogP contribution in [0.3, 0.4) is 0 Å². The van der Waals surface area contributed by atoms with Gasteiger partial charge in [-0.25, -0.2) is 0 Å². The second kappa shape index (κ2) is 6.12. The summed E-state index contributed by atoms with van der Waals surface area (Å²) in [5, 5.41) is 16.6. The van der Waals surface area contributed by atoms with Crippen molar-refractivity contribution in [2.45, 2.75) is 6.42 Å². The van der Waals surface area contributed by atoms with Gasteiger partial charge in [-0.1, -0.05) is 22.0 Å². The minimum Gasteiger partial charge on any atom is -0.355 e. The molecule has 0 spiro atoms. The summed E-state index contributed by atoms with van der Waals surface area (Å²) >= 11 is 3.25. The summed E-state index contributed by atoms with van der Waals surface area (Å²) in [6.07, 6.45) is 0.221. The van der Waals surface area contributed by atoms with Gasteiger partial charge in [-0.05, 0) is 5.56 Å². The van der Waals surface area contributed by atoms with Gasteiger partial charge in [-0.2, -0.15) is 0 Å². The number of rotatable bonds is 5. The highest BCUT2D eigenvalue weighted by molar-refractivity contribution is 9.10. The number of carbonyl (C=O) groups excluding carboxylic acids is 1. The number of non-ortho nitro benzene ring substituents is 1. The van der Waals surface area contributed by atoms with E-state index in [1.807, 2.05) is 0 Å². The molecule has 1 aliphatic heterocycles. The zero-order valence-corrected chi connectivity index (χ0v) is 11.8. The molecule has 1 aromatic carbocycles. The van der Waals surface area contributed by atoms with E-state index in [2.05, 4.69) is 26.6 Å². The maximum Gasteiger partial charge on any atom is 0.270 e. The van der Waals surface area contributed by atoms with Crippen LogP contribution in [0.15, 0.2) is 22.7 Å². The number of nitrogens with one attached hydrogen (secondary N) is 2. The van der Waals surface area contributed by atoms with Crippen LogP contribution in [-0.2, 0) is 11.2 Å². The van der Waals surface area contributed by atoms with Gasteiger partial charge in [0.25, 0.3) is 5.69 Å². The molecule has 1 aromatic rings. The fourth-order valence-corrected chi connectivity index (χ4v) is 2.29. The molecule has 6 nitrogen and oxygen atoms in total. The Morgan fingerprint density at radius 3 is 2.79 bits per heavy atom. The zero-order chi connectivity index (χ0) is 13.8. The van der Waals surface area contributed by atoms with Crippen LogP contribution in [0.2, 0.25) is 0 Å². The predicted molar refractivity (Wildman–Crippen MR) is 73.9 cm³/mol. The molecule has 0 atom stereocenters. The highest BCUT2D eigenvalue weighted by atomic mass is 79.9. The Balaban J connectivity index is 1.90. The number of benzene rings is 1. The minimum absolute atomic E-state index is 0.0107. The number of nitro groups is 1. The second-order valence-electron chi connectivity index (χ2n) is 4.54. The summed E-state index contributed by atoms with van der Waals surface area (Å²) in [4.78, 5) is 21.9. The third-order valence-corrected chi connectivity index (χ3v) is 3.79. The molecule has 102 valence electrons. The summed E-state index contributed by atoms with van der Waals surface area (Å²) in [6, 6.07) is 4.42. The Morgan fingerprint density at radius 2 is 2.26 bits per heavy atom. The van der Waals surface area contributed by atoms with Gasteiger partial charge in [0, 0.05) is 42.2 Å². The fourth-order valence-electron chi connectivity index (χ4n) is 1.78. The van der Waals surface area contributed by atoms with Crippen LogP contribution in [0.25, 0.3) is 0 Å². The van der Waals surface area contributed by atoms with Gasteiger partial charge in [-0.3, -0.25) is 14.9 Å². The first kappa shape index (κ1) is 14.0. The molecule has 1 amide bonds. The van der Waals surface area contributed by atoms with E-state index >= 15 is 0 Å². The van der Waals surface area contributed by atoms with Crippen molar-refractivity contribution < 1.29 is 9.72 Å². The normalized spacial score (nSPS) is 14.8. The average Bonchev–Trinajstić information content (AvgIpc) is 2.29. The van der Waals surface area contributed by atoms with Crippen molar-refractivity contribution in [1.29, 1.82) is 0 Å². The van der Waals surface area contributed by atoms with Crippen molar-refractivity contribution in [1.82, 2.24) is 10.6 Å². The lowest BCUT2D eigenvalue weighted by Crippen LogP contribution is -2.48. The van der Waals surface area contributed by atoms with Crippen molar-refractivity contribution >= 4 is 27.5 Å². The van der Waals surface area contributed by atoms with Crippen LogP contribution in [0.1, 0.15) is 5.56 Å². The van der Waals surface area contributed by atoms with Crippen LogP contribution in [-0.4, -0.2) is 30.5 Å². The molecule has 0 aromatic heterocycles. The van der Waals surface area contributed by atoms with Gasteiger partial charge in [0.05, 0.1) is 11.3 Å². The topological polar surface area (TPSA) is 84.3 Å². The molecule has 1 saturated heterocycles. The first-order valence-corrected chi connectivity index (χ1v) is 6.76. The molecule has 1 heterocycles. The van der Waals surface area contributed by atoms with Crippen LogP contribution >= 0.6 is 15.9 Å². The summed E-state index contributed by atoms with van der Waals surface area (Å²) in [5.41, 5.74) is 0.756. The Hall–Kier alpha value is -1.47. The molecule has 0 aliphatic carbocycles. The number of halogens is 1. The Morgan fingerprint density at radius 1 is 1.53 bits per heavy atom. The Labute approximate surface area is 118 Å². The summed E-state index contributed by atoms with van der Waals surface area (Å²) in [5.74, 6) is 0.450. The third kappa shape index (κ3) is 3.74. The van der Waals surface area contributed by atoms with Gasteiger partial charge in [0.1, 0.15) is 0 Å². The quantitative estimate of drug-likeness (QED) is 0.629. The zero-order valence-electron chi connectivity index (χ0n) is 10.2. The van der Waals surface area contributed by atoms with E-state index in [9.17, 15) is 14.9 Å². The van der Waals surface area contributed by atoms with E-state index in [0.29, 0.717) is 16.9 Å². The number of nitrogens with zero attached hydrogens (tertiary/aromatic N) is 1.